The Morgan fingerprint density at radius 2 is 2.12 bits per heavy atom. The van der Waals surface area contributed by atoms with Gasteiger partial charge in [0.05, 0.1) is 19.1 Å². The molecule has 1 aromatic carbocycles. The molecule has 6 nitrogen and oxygen atoms in total. The van der Waals surface area contributed by atoms with E-state index in [1.54, 1.807) is 6.07 Å². The van der Waals surface area contributed by atoms with Gasteiger partial charge in [0, 0.05) is 0 Å². The molecule has 0 aliphatic rings. The van der Waals surface area contributed by atoms with Crippen LogP contribution in [0.2, 0.25) is 0 Å². The number of furan rings is 1. The number of carbonyl (C=O) groups is 1. The van der Waals surface area contributed by atoms with Gasteiger partial charge < -0.3 is 9.15 Å². The highest BCUT2D eigenvalue weighted by atomic mass is 32.2. The summed E-state index contributed by atoms with van der Waals surface area (Å²) < 4.78 is 10.0. The van der Waals surface area contributed by atoms with Crippen LogP contribution in [0.5, 0.6) is 0 Å². The molecule has 24 heavy (non-hydrogen) atoms. The van der Waals surface area contributed by atoms with Crippen molar-refractivity contribution in [2.24, 2.45) is 0 Å². The van der Waals surface area contributed by atoms with E-state index in [-0.39, 0.29) is 0 Å². The molecule has 0 aliphatic heterocycles. The number of hydrogen-bond donors (Lipinski definition) is 1. The molecule has 0 saturated carbocycles. The number of nitrogens with one attached hydrogen (secondary N) is 1. The van der Waals surface area contributed by atoms with Gasteiger partial charge in [-0.1, -0.05) is 48.2 Å². The average Bonchev–Trinajstić information content (AvgIpc) is 3.27. The summed E-state index contributed by atoms with van der Waals surface area (Å²) in [5.41, 5.74) is 1.51. The number of hydrogen-bond acceptors (Lipinski definition) is 6. The van der Waals surface area contributed by atoms with Gasteiger partial charge in [-0.3, -0.25) is 5.10 Å². The van der Waals surface area contributed by atoms with Crippen LogP contribution >= 0.6 is 11.8 Å². The molecule has 0 saturated heterocycles. The van der Waals surface area contributed by atoms with Crippen LogP contribution in [0.4, 0.5) is 0 Å². The second kappa shape index (κ2) is 7.65. The summed E-state index contributed by atoms with van der Waals surface area (Å²) in [4.78, 5) is 16.0. The highest BCUT2D eigenvalue weighted by molar-refractivity contribution is 7.98. The third-order valence-electron chi connectivity index (χ3n) is 3.20. The van der Waals surface area contributed by atoms with E-state index in [1.807, 2.05) is 42.5 Å². The summed E-state index contributed by atoms with van der Waals surface area (Å²) in [6.45, 7) is 0. The van der Waals surface area contributed by atoms with Gasteiger partial charge in [-0.25, -0.2) is 9.78 Å². The summed E-state index contributed by atoms with van der Waals surface area (Å²) >= 11 is 1.37. The van der Waals surface area contributed by atoms with Crippen molar-refractivity contribution in [3.63, 3.8) is 0 Å². The smallest absolute Gasteiger partial charge is 0.341 e. The highest BCUT2D eigenvalue weighted by Gasteiger charge is 2.15. The van der Waals surface area contributed by atoms with Crippen LogP contribution in [0, 0.1) is 0 Å². The number of carbonyl (C=O) groups excluding carboxylic acids is 1. The molecule has 0 unspecified atom stereocenters. The van der Waals surface area contributed by atoms with Gasteiger partial charge in [0.2, 0.25) is 5.16 Å². The topological polar surface area (TPSA) is 81.0 Å². The molecule has 0 amide bonds. The lowest BCUT2D eigenvalue weighted by Crippen LogP contribution is -2.02. The van der Waals surface area contributed by atoms with Crippen LogP contribution in [0.25, 0.3) is 12.2 Å². The van der Waals surface area contributed by atoms with Gasteiger partial charge in [0.1, 0.15) is 17.1 Å². The molecule has 2 aromatic heterocycles. The molecule has 0 fully saturated rings. The zero-order chi connectivity index (χ0) is 16.8. The monoisotopic (exact) mass is 341 g/mol. The van der Waals surface area contributed by atoms with Crippen molar-refractivity contribution in [2.45, 2.75) is 10.9 Å². The Hall–Kier alpha value is -2.80. The lowest BCUT2D eigenvalue weighted by atomic mass is 10.2. The molecule has 7 heteroatoms. The lowest BCUT2D eigenvalue weighted by molar-refractivity contribution is 0.0598. The Morgan fingerprint density at radius 3 is 2.92 bits per heavy atom. The Bertz CT molecular complexity index is 840. The summed E-state index contributed by atoms with van der Waals surface area (Å²) in [7, 11) is 1.34. The van der Waals surface area contributed by atoms with Gasteiger partial charge in [-0.15, -0.1) is 5.10 Å². The molecule has 3 aromatic rings. The van der Waals surface area contributed by atoms with E-state index in [0.29, 0.717) is 28.1 Å². The van der Waals surface area contributed by atoms with Crippen molar-refractivity contribution in [3.05, 3.63) is 65.4 Å². The summed E-state index contributed by atoms with van der Waals surface area (Å²) in [5.74, 6) is 1.23. The third-order valence-corrected chi connectivity index (χ3v) is 4.05. The van der Waals surface area contributed by atoms with Crippen LogP contribution in [0.1, 0.15) is 27.5 Å². The van der Waals surface area contributed by atoms with E-state index in [9.17, 15) is 4.79 Å². The number of nitrogens with zero attached hydrogens (tertiary/aromatic N) is 2. The van der Waals surface area contributed by atoms with Gasteiger partial charge in [-0.2, -0.15) is 0 Å². The van der Waals surface area contributed by atoms with Crippen molar-refractivity contribution in [2.75, 3.05) is 7.11 Å². The van der Waals surface area contributed by atoms with Gasteiger partial charge >= 0.3 is 5.97 Å². The van der Waals surface area contributed by atoms with Crippen molar-refractivity contribution in [1.82, 2.24) is 15.2 Å². The van der Waals surface area contributed by atoms with Crippen molar-refractivity contribution in [3.8, 4) is 0 Å². The van der Waals surface area contributed by atoms with E-state index in [1.165, 1.54) is 25.1 Å². The van der Waals surface area contributed by atoms with Crippen molar-refractivity contribution >= 4 is 29.9 Å². The molecule has 0 bridgehead atoms. The second-order valence-electron chi connectivity index (χ2n) is 4.78. The highest BCUT2D eigenvalue weighted by Crippen LogP contribution is 2.23. The van der Waals surface area contributed by atoms with Gasteiger partial charge in [0.25, 0.3) is 0 Å². The van der Waals surface area contributed by atoms with Gasteiger partial charge in [-0.05, 0) is 17.7 Å². The minimum Gasteiger partial charge on any atom is -0.468 e. The third kappa shape index (κ3) is 3.94. The molecule has 0 atom stereocenters. The predicted molar refractivity (Wildman–Crippen MR) is 91.4 cm³/mol. The molecule has 0 radical (unpaired) electrons. The Labute approximate surface area is 142 Å². The minimum absolute atomic E-state index is 0.416. The first-order valence-electron chi connectivity index (χ1n) is 7.19. The Morgan fingerprint density at radius 1 is 1.29 bits per heavy atom. The fraction of sp³-hybridized carbons (Fsp3) is 0.118. The van der Waals surface area contributed by atoms with Crippen molar-refractivity contribution in [1.29, 1.82) is 0 Å². The van der Waals surface area contributed by atoms with Crippen LogP contribution in [0.3, 0.4) is 0 Å². The first-order chi connectivity index (χ1) is 11.8. The average molecular weight is 341 g/mol. The molecule has 1 N–H and O–H groups in total. The maximum Gasteiger partial charge on any atom is 0.341 e. The van der Waals surface area contributed by atoms with Crippen LogP contribution in [-0.4, -0.2) is 28.3 Å². The number of methoxy groups -OCH3 is 1. The van der Waals surface area contributed by atoms with E-state index < -0.39 is 5.97 Å². The molecule has 2 heterocycles. The first-order valence-corrected chi connectivity index (χ1v) is 8.18. The number of aromatic amines is 1. The zero-order valence-electron chi connectivity index (χ0n) is 12.9. The standard InChI is InChI=1S/C17H15N3O3S/c1-22-16(21)13-9-10-23-14(13)11-24-17-18-15(19-20-17)8-7-12-5-3-2-4-6-12/h2-10H,11H2,1H3,(H,18,19,20)/b8-7+. The minimum atomic E-state index is -0.416. The number of rotatable bonds is 6. The largest absolute Gasteiger partial charge is 0.468 e. The summed E-state index contributed by atoms with van der Waals surface area (Å²) in [6.07, 6.45) is 5.28. The van der Waals surface area contributed by atoms with Crippen LogP contribution in [0.15, 0.2) is 52.2 Å². The first kappa shape index (κ1) is 16.1. The van der Waals surface area contributed by atoms with Gasteiger partial charge in [0.15, 0.2) is 0 Å². The molecular weight excluding hydrogens is 326 g/mol. The number of thioether (sulfide) groups is 1. The molecular formula is C17H15N3O3S. The fourth-order valence-electron chi connectivity index (χ4n) is 2.01. The molecule has 122 valence electrons. The Balaban J connectivity index is 1.62. The quantitative estimate of drug-likeness (QED) is 0.544. The lowest BCUT2D eigenvalue weighted by Gasteiger charge is -1.98. The number of benzene rings is 1. The predicted octanol–water partition coefficient (Wildman–Crippen LogP) is 3.65. The molecule has 0 aliphatic carbocycles. The normalized spacial score (nSPS) is 11.0. The van der Waals surface area contributed by atoms with Crippen LogP contribution in [-0.2, 0) is 10.5 Å². The van der Waals surface area contributed by atoms with E-state index >= 15 is 0 Å². The fourth-order valence-corrected chi connectivity index (χ4v) is 2.77. The van der Waals surface area contributed by atoms with E-state index in [0.717, 1.165) is 5.56 Å². The maximum absolute atomic E-state index is 11.6. The zero-order valence-corrected chi connectivity index (χ0v) is 13.7. The summed E-state index contributed by atoms with van der Waals surface area (Å²) in [5, 5.41) is 7.58. The molecule has 0 spiro atoms. The van der Waals surface area contributed by atoms with Crippen LogP contribution < -0.4 is 0 Å². The van der Waals surface area contributed by atoms with Crippen molar-refractivity contribution < 1.29 is 13.9 Å². The Kier molecular flexibility index (Phi) is 5.12. The van der Waals surface area contributed by atoms with E-state index in [2.05, 4.69) is 15.2 Å². The van der Waals surface area contributed by atoms with E-state index in [4.69, 9.17) is 9.15 Å². The number of H-pyrrole nitrogens is 1. The molecule has 3 rings (SSSR count). The SMILES string of the molecule is COC(=O)c1ccoc1CSc1n[nH]c(/C=C/c2ccccc2)n1. The summed E-state index contributed by atoms with van der Waals surface area (Å²) in [6, 6.07) is 11.5. The number of ether oxygens (including phenoxy) is 1. The number of esters is 1. The number of aromatic nitrogens is 3. The maximum atomic E-state index is 11.6. The second-order valence-corrected chi connectivity index (χ2v) is 5.73.